The van der Waals surface area contributed by atoms with Crippen LogP contribution in [0.4, 0.5) is 0 Å². The van der Waals surface area contributed by atoms with Crippen LogP contribution in [0.5, 0.6) is 0 Å². The first kappa shape index (κ1) is 22.7. The lowest BCUT2D eigenvalue weighted by Gasteiger charge is -2.46. The fourth-order valence-corrected chi connectivity index (χ4v) is 4.60. The van der Waals surface area contributed by atoms with Gasteiger partial charge in [0.2, 0.25) is 5.96 Å². The third-order valence-electron chi connectivity index (χ3n) is 4.42. The zero-order chi connectivity index (χ0) is 20.4. The van der Waals surface area contributed by atoms with Gasteiger partial charge in [0, 0.05) is 29.7 Å². The molecule has 0 amide bonds. The Labute approximate surface area is 160 Å². The van der Waals surface area contributed by atoms with Crippen LogP contribution in [0.15, 0.2) is 4.99 Å². The zero-order valence-electron chi connectivity index (χ0n) is 18.6. The molecule has 1 saturated heterocycles. The summed E-state index contributed by atoms with van der Waals surface area (Å²) in [7, 11) is 1.84. The monoisotopic (exact) mass is 366 g/mol. The van der Waals surface area contributed by atoms with Crippen molar-refractivity contribution in [3.63, 3.8) is 0 Å². The largest absolute Gasteiger partial charge is 0.359 e. The van der Waals surface area contributed by atoms with Crippen LogP contribution in [0.25, 0.3) is 0 Å². The number of piperidine rings is 1. The molecule has 26 heavy (non-hydrogen) atoms. The average molecular weight is 367 g/mol. The molecule has 5 N–H and O–H groups in total. The number of guanidine groups is 2. The molecule has 0 aliphatic carbocycles. The molecule has 0 atom stereocenters. The Bertz CT molecular complexity index is 509. The van der Waals surface area contributed by atoms with Crippen molar-refractivity contribution in [2.24, 2.45) is 10.4 Å². The molecule has 6 heteroatoms. The van der Waals surface area contributed by atoms with Gasteiger partial charge in [-0.2, -0.15) is 4.99 Å². The van der Waals surface area contributed by atoms with E-state index >= 15 is 0 Å². The predicted octanol–water partition coefficient (Wildman–Crippen LogP) is 3.20. The SMILES string of the molecule is CN/C(=N\C(=N)NC1CC(C)(C)NC(C)(C)C1)NC(C)(C)CC(C)(C)C. The van der Waals surface area contributed by atoms with Crippen molar-refractivity contribution in [2.75, 3.05) is 7.05 Å². The second kappa shape index (κ2) is 7.75. The third kappa shape index (κ3) is 8.39. The molecule has 0 aromatic rings. The summed E-state index contributed by atoms with van der Waals surface area (Å²) in [5.41, 5.74) is 0.191. The van der Waals surface area contributed by atoms with E-state index in [1.54, 1.807) is 0 Å². The fourth-order valence-electron chi connectivity index (χ4n) is 4.60. The molecule has 0 saturated carbocycles. The van der Waals surface area contributed by atoms with E-state index in [0.29, 0.717) is 5.96 Å². The van der Waals surface area contributed by atoms with Gasteiger partial charge < -0.3 is 21.3 Å². The summed E-state index contributed by atoms with van der Waals surface area (Å²) >= 11 is 0. The van der Waals surface area contributed by atoms with Crippen LogP contribution in [0.1, 0.15) is 81.6 Å². The number of nitrogens with one attached hydrogen (secondary N) is 5. The Morgan fingerprint density at radius 3 is 2.00 bits per heavy atom. The average Bonchev–Trinajstić information content (AvgIpc) is 2.29. The Hall–Kier alpha value is -1.30. The van der Waals surface area contributed by atoms with E-state index in [0.717, 1.165) is 19.3 Å². The first-order valence-corrected chi connectivity index (χ1v) is 9.72. The van der Waals surface area contributed by atoms with Crippen molar-refractivity contribution >= 4 is 11.9 Å². The van der Waals surface area contributed by atoms with Crippen LogP contribution in [0.2, 0.25) is 0 Å². The lowest BCUT2D eigenvalue weighted by Crippen LogP contribution is -2.62. The molecule has 0 radical (unpaired) electrons. The molecule has 152 valence electrons. The lowest BCUT2D eigenvalue weighted by atomic mass is 9.80. The predicted molar refractivity (Wildman–Crippen MR) is 113 cm³/mol. The number of hydrogen-bond acceptors (Lipinski definition) is 2. The highest BCUT2D eigenvalue weighted by atomic mass is 15.2. The Morgan fingerprint density at radius 2 is 1.58 bits per heavy atom. The van der Waals surface area contributed by atoms with Gasteiger partial charge >= 0.3 is 0 Å². The highest BCUT2D eigenvalue weighted by molar-refractivity contribution is 5.93. The molecule has 0 unspecified atom stereocenters. The minimum atomic E-state index is -0.112. The third-order valence-corrected chi connectivity index (χ3v) is 4.42. The molecule has 1 aliphatic rings. The van der Waals surface area contributed by atoms with Crippen LogP contribution in [-0.2, 0) is 0 Å². The van der Waals surface area contributed by atoms with E-state index in [4.69, 9.17) is 5.41 Å². The molecule has 1 rings (SSSR count). The van der Waals surface area contributed by atoms with Crippen LogP contribution in [-0.4, -0.2) is 41.6 Å². The molecular formula is C20H42N6. The topological polar surface area (TPSA) is 84.3 Å². The van der Waals surface area contributed by atoms with Gasteiger partial charge in [-0.1, -0.05) is 20.8 Å². The number of nitrogens with zero attached hydrogens (tertiary/aromatic N) is 1. The van der Waals surface area contributed by atoms with Crippen molar-refractivity contribution in [3.8, 4) is 0 Å². The smallest absolute Gasteiger partial charge is 0.218 e. The van der Waals surface area contributed by atoms with Crippen molar-refractivity contribution in [1.82, 2.24) is 21.3 Å². The maximum absolute atomic E-state index is 8.31. The molecule has 0 aromatic heterocycles. The molecule has 0 aromatic carbocycles. The highest BCUT2D eigenvalue weighted by Crippen LogP contribution is 2.28. The van der Waals surface area contributed by atoms with Gasteiger partial charge in [0.05, 0.1) is 0 Å². The summed E-state index contributed by atoms with van der Waals surface area (Å²) in [6.07, 6.45) is 2.93. The van der Waals surface area contributed by atoms with Gasteiger partial charge in [-0.3, -0.25) is 5.41 Å². The lowest BCUT2D eigenvalue weighted by molar-refractivity contribution is 0.155. The van der Waals surface area contributed by atoms with Crippen LogP contribution in [0, 0.1) is 10.8 Å². The summed E-state index contributed by atoms with van der Waals surface area (Å²) in [6.45, 7) is 19.9. The minimum Gasteiger partial charge on any atom is -0.359 e. The quantitative estimate of drug-likeness (QED) is 0.392. The van der Waals surface area contributed by atoms with Gasteiger partial charge in [-0.25, -0.2) is 0 Å². The van der Waals surface area contributed by atoms with Crippen molar-refractivity contribution in [3.05, 3.63) is 0 Å². The first-order valence-electron chi connectivity index (χ1n) is 9.72. The van der Waals surface area contributed by atoms with Crippen LogP contribution in [0.3, 0.4) is 0 Å². The van der Waals surface area contributed by atoms with Gasteiger partial charge in [-0.05, 0) is 66.2 Å². The van der Waals surface area contributed by atoms with E-state index in [9.17, 15) is 0 Å². The fraction of sp³-hybridized carbons (Fsp3) is 0.900. The second-order valence-electron chi connectivity index (χ2n) is 10.9. The second-order valence-corrected chi connectivity index (χ2v) is 10.9. The standard InChI is InChI=1S/C20H42N6/c1-17(2,3)13-20(8,9)25-16(22-10)24-15(21)23-14-11-18(4,5)26-19(6,7)12-14/h14,26H,11-13H2,1-10H3,(H4,21,22,23,24,25). The summed E-state index contributed by atoms with van der Waals surface area (Å²) in [4.78, 5) is 4.45. The zero-order valence-corrected chi connectivity index (χ0v) is 18.6. The Kier molecular flexibility index (Phi) is 6.78. The van der Waals surface area contributed by atoms with E-state index in [-0.39, 0.29) is 34.0 Å². The normalized spacial score (nSPS) is 21.2. The van der Waals surface area contributed by atoms with Crippen molar-refractivity contribution in [2.45, 2.75) is 104 Å². The number of hydrogen-bond donors (Lipinski definition) is 5. The molecular weight excluding hydrogens is 324 g/mol. The minimum absolute atomic E-state index is 0.0438. The Morgan fingerprint density at radius 1 is 1.08 bits per heavy atom. The number of rotatable bonds is 3. The van der Waals surface area contributed by atoms with Gasteiger partial charge in [-0.15, -0.1) is 0 Å². The molecule has 0 bridgehead atoms. The van der Waals surface area contributed by atoms with Gasteiger partial charge in [0.25, 0.3) is 0 Å². The van der Waals surface area contributed by atoms with Crippen molar-refractivity contribution in [1.29, 1.82) is 5.41 Å². The first-order chi connectivity index (χ1) is 11.5. The van der Waals surface area contributed by atoms with Crippen LogP contribution < -0.4 is 21.3 Å². The summed E-state index contributed by atoms with van der Waals surface area (Å²) < 4.78 is 0. The number of aliphatic imine (C=N–C) groups is 1. The summed E-state index contributed by atoms with van der Waals surface area (Å²) in [5.74, 6) is 0.830. The van der Waals surface area contributed by atoms with Crippen molar-refractivity contribution < 1.29 is 0 Å². The highest BCUT2D eigenvalue weighted by Gasteiger charge is 2.37. The molecule has 1 heterocycles. The van der Waals surface area contributed by atoms with Crippen LogP contribution >= 0.6 is 0 Å². The molecule has 1 aliphatic heterocycles. The van der Waals surface area contributed by atoms with E-state index in [1.807, 2.05) is 7.05 Å². The van der Waals surface area contributed by atoms with Gasteiger partial charge in [0.1, 0.15) is 0 Å². The van der Waals surface area contributed by atoms with E-state index in [2.05, 4.69) is 88.6 Å². The summed E-state index contributed by atoms with van der Waals surface area (Å²) in [6, 6.07) is 0.234. The van der Waals surface area contributed by atoms with E-state index in [1.165, 1.54) is 0 Å². The van der Waals surface area contributed by atoms with Gasteiger partial charge in [0.15, 0.2) is 5.96 Å². The van der Waals surface area contributed by atoms with E-state index < -0.39 is 0 Å². The maximum Gasteiger partial charge on any atom is 0.218 e. The Balaban J connectivity index is 2.76. The maximum atomic E-state index is 8.31. The summed E-state index contributed by atoms with van der Waals surface area (Å²) in [5, 5.41) is 21.8. The molecule has 6 nitrogen and oxygen atoms in total. The molecule has 0 spiro atoms. The molecule has 1 fully saturated rings.